The first-order chi connectivity index (χ1) is 7.04. The average Bonchev–Trinajstić information content (AvgIpc) is 2.22. The van der Waals surface area contributed by atoms with Crippen LogP contribution in [0.5, 0.6) is 0 Å². The van der Waals surface area contributed by atoms with E-state index in [1.54, 1.807) is 0 Å². The summed E-state index contributed by atoms with van der Waals surface area (Å²) in [4.78, 5) is 2.41. The minimum Gasteiger partial charge on any atom is -0.395 e. The highest BCUT2D eigenvalue weighted by Crippen LogP contribution is 2.04. The molecule has 0 aromatic heterocycles. The monoisotopic (exact) mass is 216 g/mol. The van der Waals surface area contributed by atoms with Gasteiger partial charge in [-0.15, -0.1) is 0 Å². The molecule has 0 bridgehead atoms. The minimum absolute atomic E-state index is 0.193. The number of likely N-dealkylation sites (N-methyl/N-ethyl adjacent to an activating group) is 1. The van der Waals surface area contributed by atoms with Gasteiger partial charge in [-0.25, -0.2) is 0 Å². The molecular formula is C12H28N2O. The van der Waals surface area contributed by atoms with Crippen LogP contribution in [-0.4, -0.2) is 47.8 Å². The van der Waals surface area contributed by atoms with E-state index in [-0.39, 0.29) is 12.6 Å². The zero-order valence-electron chi connectivity index (χ0n) is 11.0. The Hall–Kier alpha value is -0.120. The summed E-state index contributed by atoms with van der Waals surface area (Å²) in [5.74, 6) is 0. The summed E-state index contributed by atoms with van der Waals surface area (Å²) in [6.45, 7) is 13.0. The maximum atomic E-state index is 9.28. The highest BCUT2D eigenvalue weighted by atomic mass is 16.3. The lowest BCUT2D eigenvalue weighted by Crippen LogP contribution is -2.48. The van der Waals surface area contributed by atoms with Crippen molar-refractivity contribution in [3.05, 3.63) is 0 Å². The first kappa shape index (κ1) is 14.9. The summed E-state index contributed by atoms with van der Waals surface area (Å²) in [5.41, 5.74) is 0. The van der Waals surface area contributed by atoms with Gasteiger partial charge in [0, 0.05) is 24.7 Å². The van der Waals surface area contributed by atoms with Gasteiger partial charge in [-0.2, -0.15) is 0 Å². The van der Waals surface area contributed by atoms with Crippen molar-refractivity contribution in [1.82, 2.24) is 10.2 Å². The van der Waals surface area contributed by atoms with Gasteiger partial charge < -0.3 is 10.4 Å². The summed E-state index contributed by atoms with van der Waals surface area (Å²) in [6.07, 6.45) is 1.16. The Labute approximate surface area is 94.9 Å². The molecule has 0 aliphatic carbocycles. The number of hydrogen-bond acceptors (Lipinski definition) is 3. The van der Waals surface area contributed by atoms with Crippen molar-refractivity contribution in [2.75, 3.05) is 19.7 Å². The van der Waals surface area contributed by atoms with Crippen molar-refractivity contribution in [2.45, 2.75) is 59.2 Å². The van der Waals surface area contributed by atoms with Crippen molar-refractivity contribution in [2.24, 2.45) is 0 Å². The molecule has 2 unspecified atom stereocenters. The summed E-state index contributed by atoms with van der Waals surface area (Å²) in [7, 11) is 0. The van der Waals surface area contributed by atoms with Crippen molar-refractivity contribution in [3.63, 3.8) is 0 Å². The van der Waals surface area contributed by atoms with Crippen molar-refractivity contribution in [1.29, 1.82) is 0 Å². The van der Waals surface area contributed by atoms with Crippen molar-refractivity contribution in [3.8, 4) is 0 Å². The molecule has 15 heavy (non-hydrogen) atoms. The highest BCUT2D eigenvalue weighted by molar-refractivity contribution is 4.75. The number of nitrogens with one attached hydrogen (secondary N) is 1. The summed E-state index contributed by atoms with van der Waals surface area (Å²) in [6, 6.07) is 1.22. The number of aliphatic hydroxyl groups is 1. The molecule has 3 heteroatoms. The first-order valence-electron chi connectivity index (χ1n) is 6.16. The van der Waals surface area contributed by atoms with Crippen LogP contribution < -0.4 is 5.32 Å². The second kappa shape index (κ2) is 8.08. The largest absolute Gasteiger partial charge is 0.395 e. The zero-order valence-corrected chi connectivity index (χ0v) is 11.0. The fourth-order valence-electron chi connectivity index (χ4n) is 1.80. The number of nitrogens with zero attached hydrogens (tertiary/aromatic N) is 1. The molecule has 0 heterocycles. The minimum atomic E-state index is 0.193. The summed E-state index contributed by atoms with van der Waals surface area (Å²) >= 11 is 0. The standard InChI is InChI=1S/C12H28N2O/c1-6-11(5)14(7-2)8-12(9-15)13-10(3)4/h10-13,15H,6-9H2,1-5H3. The molecule has 0 fully saturated rings. The van der Waals surface area contributed by atoms with E-state index in [0.717, 1.165) is 19.5 Å². The smallest absolute Gasteiger partial charge is 0.0597 e. The third kappa shape index (κ3) is 6.13. The van der Waals surface area contributed by atoms with Gasteiger partial charge in [-0.05, 0) is 19.9 Å². The predicted octanol–water partition coefficient (Wildman–Crippen LogP) is 1.47. The van der Waals surface area contributed by atoms with E-state index >= 15 is 0 Å². The van der Waals surface area contributed by atoms with Gasteiger partial charge >= 0.3 is 0 Å². The lowest BCUT2D eigenvalue weighted by Gasteiger charge is -2.31. The maximum Gasteiger partial charge on any atom is 0.0597 e. The quantitative estimate of drug-likeness (QED) is 0.645. The molecule has 2 N–H and O–H groups in total. The van der Waals surface area contributed by atoms with Crippen LogP contribution >= 0.6 is 0 Å². The second-order valence-electron chi connectivity index (χ2n) is 4.55. The Morgan fingerprint density at radius 2 is 1.80 bits per heavy atom. The molecule has 0 radical (unpaired) electrons. The Balaban J connectivity index is 4.11. The van der Waals surface area contributed by atoms with E-state index < -0.39 is 0 Å². The third-order valence-electron chi connectivity index (χ3n) is 2.86. The zero-order chi connectivity index (χ0) is 11.8. The van der Waals surface area contributed by atoms with Crippen molar-refractivity contribution < 1.29 is 5.11 Å². The molecule has 0 aromatic carbocycles. The highest BCUT2D eigenvalue weighted by Gasteiger charge is 2.16. The molecule has 92 valence electrons. The van der Waals surface area contributed by atoms with Crippen LogP contribution in [0.4, 0.5) is 0 Å². The molecule has 0 aromatic rings. The fourth-order valence-corrected chi connectivity index (χ4v) is 1.80. The van der Waals surface area contributed by atoms with E-state index in [2.05, 4.69) is 44.8 Å². The molecule has 0 rings (SSSR count). The van der Waals surface area contributed by atoms with Crippen LogP contribution in [0.2, 0.25) is 0 Å². The normalized spacial score (nSPS) is 16.0. The Kier molecular flexibility index (Phi) is 8.02. The molecular weight excluding hydrogens is 188 g/mol. The first-order valence-corrected chi connectivity index (χ1v) is 6.16. The van der Waals surface area contributed by atoms with E-state index in [1.165, 1.54) is 0 Å². The molecule has 0 spiro atoms. The van der Waals surface area contributed by atoms with Crippen LogP contribution in [0, 0.1) is 0 Å². The molecule has 0 aliphatic rings. The molecule has 2 atom stereocenters. The SMILES string of the molecule is CCC(C)N(CC)CC(CO)NC(C)C. The second-order valence-corrected chi connectivity index (χ2v) is 4.55. The van der Waals surface area contributed by atoms with Gasteiger partial charge in [0.1, 0.15) is 0 Å². The topological polar surface area (TPSA) is 35.5 Å². The van der Waals surface area contributed by atoms with Gasteiger partial charge in [0.15, 0.2) is 0 Å². The van der Waals surface area contributed by atoms with Crippen LogP contribution in [-0.2, 0) is 0 Å². The maximum absolute atomic E-state index is 9.28. The van der Waals surface area contributed by atoms with Gasteiger partial charge in [-0.1, -0.05) is 27.7 Å². The Morgan fingerprint density at radius 1 is 1.20 bits per heavy atom. The van der Waals surface area contributed by atoms with E-state index in [1.807, 2.05) is 0 Å². The van der Waals surface area contributed by atoms with Crippen LogP contribution in [0.15, 0.2) is 0 Å². The van der Waals surface area contributed by atoms with E-state index in [9.17, 15) is 5.11 Å². The Bertz CT molecular complexity index is 151. The summed E-state index contributed by atoms with van der Waals surface area (Å²) < 4.78 is 0. The molecule has 0 aliphatic heterocycles. The molecule has 0 amide bonds. The number of rotatable bonds is 8. The molecule has 0 saturated heterocycles. The van der Waals surface area contributed by atoms with Crippen LogP contribution in [0.3, 0.4) is 0 Å². The van der Waals surface area contributed by atoms with Crippen LogP contribution in [0.25, 0.3) is 0 Å². The molecule has 3 nitrogen and oxygen atoms in total. The van der Waals surface area contributed by atoms with Gasteiger partial charge in [0.05, 0.1) is 6.61 Å². The third-order valence-corrected chi connectivity index (χ3v) is 2.86. The molecule has 0 saturated carbocycles. The van der Waals surface area contributed by atoms with Crippen LogP contribution in [0.1, 0.15) is 41.0 Å². The predicted molar refractivity (Wildman–Crippen MR) is 66.1 cm³/mol. The Morgan fingerprint density at radius 3 is 2.13 bits per heavy atom. The lowest BCUT2D eigenvalue weighted by atomic mass is 10.1. The van der Waals surface area contributed by atoms with Crippen molar-refractivity contribution >= 4 is 0 Å². The fraction of sp³-hybridized carbons (Fsp3) is 1.00. The average molecular weight is 216 g/mol. The van der Waals surface area contributed by atoms with E-state index in [4.69, 9.17) is 0 Å². The van der Waals surface area contributed by atoms with Gasteiger partial charge in [0.25, 0.3) is 0 Å². The van der Waals surface area contributed by atoms with Gasteiger partial charge in [-0.3, -0.25) is 4.90 Å². The number of aliphatic hydroxyl groups excluding tert-OH is 1. The van der Waals surface area contributed by atoms with E-state index in [0.29, 0.717) is 12.1 Å². The van der Waals surface area contributed by atoms with Gasteiger partial charge in [0.2, 0.25) is 0 Å². The number of hydrogen-bond donors (Lipinski definition) is 2. The lowest BCUT2D eigenvalue weighted by molar-refractivity contribution is 0.149. The summed E-state index contributed by atoms with van der Waals surface area (Å²) in [5, 5.41) is 12.7.